The van der Waals surface area contributed by atoms with Crippen LogP contribution < -0.4 is 27.4 Å². The molecule has 0 aliphatic rings. The SMILES string of the molecule is CCC(C)C(NC(=O)C(CCC(=O)O)NC(=O)C(N)CCSC)C(=O)NC(CCC(N)=O)C(=O)O. The molecule has 5 atom stereocenters. The van der Waals surface area contributed by atoms with Crippen LogP contribution in [0.1, 0.15) is 52.4 Å². The van der Waals surface area contributed by atoms with Gasteiger partial charge in [0.2, 0.25) is 23.6 Å². The van der Waals surface area contributed by atoms with Gasteiger partial charge in [-0.1, -0.05) is 20.3 Å². The normalized spacial score (nSPS) is 15.1. The number of carboxylic acid groups (broad SMARTS) is 2. The first-order chi connectivity index (χ1) is 16.3. The van der Waals surface area contributed by atoms with E-state index in [0.717, 1.165) is 0 Å². The Morgan fingerprint density at radius 3 is 1.91 bits per heavy atom. The van der Waals surface area contributed by atoms with Crippen LogP contribution in [0.25, 0.3) is 0 Å². The van der Waals surface area contributed by atoms with Crippen LogP contribution in [0.5, 0.6) is 0 Å². The Kier molecular flexibility index (Phi) is 15.3. The minimum Gasteiger partial charge on any atom is -0.481 e. The van der Waals surface area contributed by atoms with Gasteiger partial charge in [0, 0.05) is 12.8 Å². The fraction of sp³-hybridized carbons (Fsp3) is 0.714. The Morgan fingerprint density at radius 2 is 1.43 bits per heavy atom. The van der Waals surface area contributed by atoms with Gasteiger partial charge in [0.1, 0.15) is 18.1 Å². The summed E-state index contributed by atoms with van der Waals surface area (Å²) in [6.45, 7) is 3.42. The summed E-state index contributed by atoms with van der Waals surface area (Å²) in [6, 6.07) is -4.77. The lowest BCUT2D eigenvalue weighted by Gasteiger charge is -2.28. The van der Waals surface area contributed by atoms with E-state index in [0.29, 0.717) is 18.6 Å². The molecule has 0 aliphatic heterocycles. The van der Waals surface area contributed by atoms with Crippen molar-refractivity contribution in [2.45, 2.75) is 76.5 Å². The first kappa shape index (κ1) is 32.1. The molecule has 0 spiro atoms. The zero-order chi connectivity index (χ0) is 27.1. The van der Waals surface area contributed by atoms with E-state index in [-0.39, 0.29) is 19.3 Å². The zero-order valence-corrected chi connectivity index (χ0v) is 21.1. The molecular weight excluding hydrogens is 482 g/mol. The van der Waals surface area contributed by atoms with Crippen LogP contribution in [-0.2, 0) is 28.8 Å². The summed E-state index contributed by atoms with van der Waals surface area (Å²) < 4.78 is 0. The number of amides is 4. The number of carbonyl (C=O) groups is 6. The molecule has 0 aromatic heterocycles. The average Bonchev–Trinajstić information content (AvgIpc) is 2.79. The van der Waals surface area contributed by atoms with E-state index in [4.69, 9.17) is 16.6 Å². The largest absolute Gasteiger partial charge is 0.481 e. The van der Waals surface area contributed by atoms with Gasteiger partial charge in [0.25, 0.3) is 0 Å². The van der Waals surface area contributed by atoms with Gasteiger partial charge in [-0.05, 0) is 37.2 Å². The van der Waals surface area contributed by atoms with Crippen LogP contribution in [0.2, 0.25) is 0 Å². The van der Waals surface area contributed by atoms with Gasteiger partial charge in [-0.3, -0.25) is 24.0 Å². The maximum atomic E-state index is 13.0. The fourth-order valence-corrected chi connectivity index (χ4v) is 3.44. The van der Waals surface area contributed by atoms with Crippen molar-refractivity contribution in [3.8, 4) is 0 Å². The molecule has 0 aliphatic carbocycles. The molecule has 0 saturated carbocycles. The van der Waals surface area contributed by atoms with E-state index in [9.17, 15) is 33.9 Å². The summed E-state index contributed by atoms with van der Waals surface area (Å²) in [5.41, 5.74) is 10.9. The molecule has 14 heteroatoms. The number of nitrogens with one attached hydrogen (secondary N) is 3. The van der Waals surface area contributed by atoms with Gasteiger partial charge in [-0.2, -0.15) is 11.8 Å². The zero-order valence-electron chi connectivity index (χ0n) is 20.2. The van der Waals surface area contributed by atoms with Crippen molar-refractivity contribution >= 4 is 47.3 Å². The van der Waals surface area contributed by atoms with E-state index >= 15 is 0 Å². The van der Waals surface area contributed by atoms with E-state index in [2.05, 4.69) is 16.0 Å². The lowest BCUT2D eigenvalue weighted by molar-refractivity contribution is -0.143. The summed E-state index contributed by atoms with van der Waals surface area (Å²) >= 11 is 1.49. The van der Waals surface area contributed by atoms with Crippen LogP contribution in [0.15, 0.2) is 0 Å². The number of primary amides is 1. The van der Waals surface area contributed by atoms with Crippen LogP contribution in [0, 0.1) is 5.92 Å². The predicted octanol–water partition coefficient (Wildman–Crippen LogP) is -1.22. The highest BCUT2D eigenvalue weighted by Gasteiger charge is 2.33. The molecule has 200 valence electrons. The van der Waals surface area contributed by atoms with Crippen LogP contribution >= 0.6 is 11.8 Å². The third-order valence-electron chi connectivity index (χ3n) is 5.34. The molecule has 0 fully saturated rings. The highest BCUT2D eigenvalue weighted by Crippen LogP contribution is 2.11. The number of hydrogen-bond donors (Lipinski definition) is 7. The fourth-order valence-electron chi connectivity index (χ4n) is 2.95. The standard InChI is InChI=1S/C21H37N5O8S/c1-4-11(2)17(20(32)25-14(21(33)34)5-7-15(23)27)26-19(31)13(6-8-16(28)29)24-18(30)12(22)9-10-35-3/h11-14,17H,4-10,22H2,1-3H3,(H2,23,27)(H,24,30)(H,25,32)(H,26,31)(H,28,29)(H,33,34). The predicted molar refractivity (Wildman–Crippen MR) is 129 cm³/mol. The van der Waals surface area contributed by atoms with E-state index in [1.807, 2.05) is 6.26 Å². The first-order valence-corrected chi connectivity index (χ1v) is 12.6. The number of thioether (sulfide) groups is 1. The summed E-state index contributed by atoms with van der Waals surface area (Å²) in [7, 11) is 0. The van der Waals surface area contributed by atoms with Crippen molar-refractivity contribution in [3.05, 3.63) is 0 Å². The lowest BCUT2D eigenvalue weighted by atomic mass is 9.96. The molecule has 13 nitrogen and oxygen atoms in total. The Hall–Kier alpha value is -2.87. The van der Waals surface area contributed by atoms with Gasteiger partial charge in [0.05, 0.1) is 6.04 Å². The molecule has 0 heterocycles. The Balaban J connectivity index is 5.58. The van der Waals surface area contributed by atoms with E-state index in [1.54, 1.807) is 13.8 Å². The monoisotopic (exact) mass is 519 g/mol. The molecular formula is C21H37N5O8S. The lowest BCUT2D eigenvalue weighted by Crippen LogP contribution is -2.58. The minimum absolute atomic E-state index is 0.233. The number of carboxylic acids is 2. The first-order valence-electron chi connectivity index (χ1n) is 11.2. The van der Waals surface area contributed by atoms with E-state index < -0.39 is 72.1 Å². The highest BCUT2D eigenvalue weighted by atomic mass is 32.2. The maximum Gasteiger partial charge on any atom is 0.326 e. The van der Waals surface area contributed by atoms with Gasteiger partial charge < -0.3 is 37.6 Å². The van der Waals surface area contributed by atoms with Gasteiger partial charge in [-0.15, -0.1) is 0 Å². The Morgan fingerprint density at radius 1 is 0.857 bits per heavy atom. The average molecular weight is 520 g/mol. The van der Waals surface area contributed by atoms with Crippen LogP contribution in [0.3, 0.4) is 0 Å². The molecule has 4 amide bonds. The third kappa shape index (κ3) is 13.0. The molecule has 9 N–H and O–H groups in total. The molecule has 0 aromatic rings. The topological polar surface area (TPSA) is 231 Å². The number of rotatable bonds is 18. The highest BCUT2D eigenvalue weighted by molar-refractivity contribution is 7.98. The van der Waals surface area contributed by atoms with E-state index in [1.165, 1.54) is 11.8 Å². The molecule has 0 saturated heterocycles. The summed E-state index contributed by atoms with van der Waals surface area (Å²) in [4.78, 5) is 71.8. The Bertz CT molecular complexity index is 766. The van der Waals surface area contributed by atoms with Crippen molar-refractivity contribution in [3.63, 3.8) is 0 Å². The van der Waals surface area contributed by atoms with Gasteiger partial charge in [-0.25, -0.2) is 4.79 Å². The molecule has 0 rings (SSSR count). The van der Waals surface area contributed by atoms with Gasteiger partial charge >= 0.3 is 11.9 Å². The number of aliphatic carboxylic acids is 2. The van der Waals surface area contributed by atoms with Gasteiger partial charge in [0.15, 0.2) is 0 Å². The van der Waals surface area contributed by atoms with Crippen molar-refractivity contribution in [1.29, 1.82) is 0 Å². The second-order valence-electron chi connectivity index (χ2n) is 8.16. The summed E-state index contributed by atoms with van der Waals surface area (Å²) in [5.74, 6) is -5.36. The van der Waals surface area contributed by atoms with Crippen molar-refractivity contribution < 1.29 is 39.0 Å². The molecule has 5 unspecified atom stereocenters. The van der Waals surface area contributed by atoms with Crippen molar-refractivity contribution in [1.82, 2.24) is 16.0 Å². The molecule has 35 heavy (non-hydrogen) atoms. The Labute approximate surface area is 208 Å². The second kappa shape index (κ2) is 16.7. The van der Waals surface area contributed by atoms with Crippen LogP contribution in [0.4, 0.5) is 0 Å². The minimum atomic E-state index is -1.41. The van der Waals surface area contributed by atoms with Crippen LogP contribution in [-0.4, -0.2) is 82.0 Å². The number of carbonyl (C=O) groups excluding carboxylic acids is 4. The quantitative estimate of drug-likeness (QED) is 0.114. The second-order valence-corrected chi connectivity index (χ2v) is 9.14. The van der Waals surface area contributed by atoms with Crippen molar-refractivity contribution in [2.24, 2.45) is 17.4 Å². The smallest absolute Gasteiger partial charge is 0.326 e. The molecule has 0 bridgehead atoms. The molecule has 0 aromatic carbocycles. The summed E-state index contributed by atoms with van der Waals surface area (Å²) in [6.07, 6.45) is 1.46. The number of hydrogen-bond acceptors (Lipinski definition) is 8. The third-order valence-corrected chi connectivity index (χ3v) is 5.98. The molecule has 0 radical (unpaired) electrons. The van der Waals surface area contributed by atoms with Crippen molar-refractivity contribution in [2.75, 3.05) is 12.0 Å². The summed E-state index contributed by atoms with van der Waals surface area (Å²) in [5, 5.41) is 25.6. The number of nitrogens with two attached hydrogens (primary N) is 2. The maximum absolute atomic E-state index is 13.0.